The molecule has 3 rings (SSSR count). The first-order valence-electron chi connectivity index (χ1n) is 8.52. The van der Waals surface area contributed by atoms with E-state index in [4.69, 9.17) is 14.6 Å². The summed E-state index contributed by atoms with van der Waals surface area (Å²) in [6.07, 6.45) is 5.31. The second-order valence-electron chi connectivity index (χ2n) is 6.21. The molecule has 134 valence electrons. The molecule has 0 spiro atoms. The summed E-state index contributed by atoms with van der Waals surface area (Å²) in [7, 11) is 1.51. The minimum atomic E-state index is -0.857. The van der Waals surface area contributed by atoms with E-state index >= 15 is 0 Å². The minimum absolute atomic E-state index is 0.0343. The van der Waals surface area contributed by atoms with Gasteiger partial charge in [-0.3, -0.25) is 14.6 Å². The molecule has 1 aromatic carbocycles. The number of amides is 1. The third-order valence-corrected chi connectivity index (χ3v) is 4.50. The van der Waals surface area contributed by atoms with Gasteiger partial charge in [-0.2, -0.15) is 0 Å². The Balaban J connectivity index is 1.84. The molecule has 1 amide bonds. The van der Waals surface area contributed by atoms with Crippen molar-refractivity contribution in [3.63, 3.8) is 0 Å². The molecule has 2 aliphatic rings. The maximum Gasteiger partial charge on any atom is 0.303 e. The fourth-order valence-electron chi connectivity index (χ4n) is 3.19. The summed E-state index contributed by atoms with van der Waals surface area (Å²) in [5.74, 6) is 0.0295. The first-order valence-corrected chi connectivity index (χ1v) is 8.52. The number of benzene rings is 1. The van der Waals surface area contributed by atoms with Gasteiger partial charge in [0.05, 0.1) is 31.0 Å². The van der Waals surface area contributed by atoms with Crippen LogP contribution in [-0.4, -0.2) is 54.4 Å². The van der Waals surface area contributed by atoms with Gasteiger partial charge in [-0.1, -0.05) is 0 Å². The second kappa shape index (κ2) is 7.55. The molecule has 0 radical (unpaired) electrons. The Labute approximate surface area is 146 Å². The minimum Gasteiger partial charge on any atom is -0.493 e. The van der Waals surface area contributed by atoms with Crippen LogP contribution in [0.4, 0.5) is 5.69 Å². The van der Waals surface area contributed by atoms with Gasteiger partial charge in [0, 0.05) is 25.2 Å². The van der Waals surface area contributed by atoms with Gasteiger partial charge in [0.15, 0.2) is 11.5 Å². The number of hydrogen-bond acceptors (Lipinski definition) is 5. The maximum atomic E-state index is 12.9. The Hall–Kier alpha value is -2.57. The summed E-state index contributed by atoms with van der Waals surface area (Å²) in [6.45, 7) is 0.999. The van der Waals surface area contributed by atoms with E-state index in [0.29, 0.717) is 29.2 Å². The lowest BCUT2D eigenvalue weighted by atomic mass is 10.0. The molecule has 2 heterocycles. The number of fused-ring (bicyclic) bond motifs is 2. The zero-order valence-corrected chi connectivity index (χ0v) is 14.2. The molecular weight excluding hydrogens is 324 g/mol. The highest BCUT2D eigenvalue weighted by molar-refractivity contribution is 6.03. The topological polar surface area (TPSA) is 88.4 Å². The molecule has 7 nitrogen and oxygen atoms in total. The quantitative estimate of drug-likeness (QED) is 0.800. The largest absolute Gasteiger partial charge is 0.493 e. The molecule has 2 aliphatic heterocycles. The third kappa shape index (κ3) is 3.75. The lowest BCUT2D eigenvalue weighted by Gasteiger charge is -2.32. The van der Waals surface area contributed by atoms with Crippen molar-refractivity contribution in [1.29, 1.82) is 0 Å². The Kier molecular flexibility index (Phi) is 5.21. The van der Waals surface area contributed by atoms with Crippen LogP contribution in [0.15, 0.2) is 17.1 Å². The van der Waals surface area contributed by atoms with Gasteiger partial charge in [-0.25, -0.2) is 0 Å². The number of aliphatic imine (C=N–C) groups is 1. The van der Waals surface area contributed by atoms with Crippen molar-refractivity contribution in [1.82, 2.24) is 4.90 Å². The summed E-state index contributed by atoms with van der Waals surface area (Å²) in [4.78, 5) is 29.8. The molecule has 25 heavy (non-hydrogen) atoms. The summed E-state index contributed by atoms with van der Waals surface area (Å²) in [5.41, 5.74) is 1.07. The Bertz CT molecular complexity index is 701. The number of hydrogen-bond donors (Lipinski definition) is 1. The van der Waals surface area contributed by atoms with Crippen LogP contribution in [-0.2, 0) is 4.79 Å². The maximum absolute atomic E-state index is 12.9. The van der Waals surface area contributed by atoms with Crippen LogP contribution < -0.4 is 9.47 Å². The van der Waals surface area contributed by atoms with Gasteiger partial charge in [0.2, 0.25) is 0 Å². The Morgan fingerprint density at radius 3 is 2.96 bits per heavy atom. The van der Waals surface area contributed by atoms with Crippen LogP contribution in [0.1, 0.15) is 42.5 Å². The second-order valence-corrected chi connectivity index (χ2v) is 6.21. The monoisotopic (exact) mass is 346 g/mol. The normalized spacial score (nSPS) is 19.0. The van der Waals surface area contributed by atoms with E-state index in [1.165, 1.54) is 7.11 Å². The summed E-state index contributed by atoms with van der Waals surface area (Å²) < 4.78 is 11.0. The van der Waals surface area contributed by atoms with E-state index in [-0.39, 0.29) is 25.0 Å². The number of rotatable bonds is 6. The molecule has 1 N–H and O–H groups in total. The predicted octanol–water partition coefficient (Wildman–Crippen LogP) is 2.65. The van der Waals surface area contributed by atoms with Crippen molar-refractivity contribution >= 4 is 23.8 Å². The number of carbonyl (C=O) groups is 2. The van der Waals surface area contributed by atoms with Crippen molar-refractivity contribution < 1.29 is 24.2 Å². The average Bonchev–Trinajstić information content (AvgIpc) is 2.75. The predicted molar refractivity (Wildman–Crippen MR) is 92.2 cm³/mol. The summed E-state index contributed by atoms with van der Waals surface area (Å²) in [5, 5.41) is 8.69. The van der Waals surface area contributed by atoms with Crippen LogP contribution in [0.2, 0.25) is 0 Å². The molecule has 1 unspecified atom stereocenters. The number of methoxy groups -OCH3 is 1. The lowest BCUT2D eigenvalue weighted by Crippen LogP contribution is -2.43. The standard InChI is InChI=1S/C18H22N2O5/c1-24-15-9-13-14(10-16(15)25-8-4-6-17(21)22)19-11-12-5-2-3-7-20(12)18(13)23/h9-12H,2-8H2,1H3,(H,21,22). The number of ether oxygens (including phenoxy) is 2. The van der Waals surface area contributed by atoms with E-state index < -0.39 is 5.97 Å². The molecule has 0 bridgehead atoms. The van der Waals surface area contributed by atoms with E-state index in [0.717, 1.165) is 25.8 Å². The Morgan fingerprint density at radius 2 is 2.20 bits per heavy atom. The van der Waals surface area contributed by atoms with Gasteiger partial charge in [0.25, 0.3) is 5.91 Å². The van der Waals surface area contributed by atoms with E-state index in [1.54, 1.807) is 12.1 Å². The number of nitrogens with zero attached hydrogens (tertiary/aromatic N) is 2. The molecule has 1 atom stereocenters. The van der Waals surface area contributed by atoms with Crippen molar-refractivity contribution in [3.8, 4) is 11.5 Å². The number of carboxylic acids is 1. The first-order chi connectivity index (χ1) is 12.1. The summed E-state index contributed by atoms with van der Waals surface area (Å²) in [6, 6.07) is 3.40. The molecule has 1 aromatic rings. The molecule has 7 heteroatoms. The van der Waals surface area contributed by atoms with E-state index in [1.807, 2.05) is 11.1 Å². The highest BCUT2D eigenvalue weighted by Crippen LogP contribution is 2.37. The average molecular weight is 346 g/mol. The van der Waals surface area contributed by atoms with Crippen LogP contribution in [0.25, 0.3) is 0 Å². The number of piperidine rings is 1. The highest BCUT2D eigenvalue weighted by Gasteiger charge is 2.31. The Morgan fingerprint density at radius 1 is 1.36 bits per heavy atom. The fourth-order valence-corrected chi connectivity index (χ4v) is 3.19. The van der Waals surface area contributed by atoms with Crippen LogP contribution >= 0.6 is 0 Å². The molecule has 0 aromatic heterocycles. The zero-order valence-electron chi connectivity index (χ0n) is 14.2. The number of carboxylic acid groups (broad SMARTS) is 1. The van der Waals surface area contributed by atoms with E-state index in [9.17, 15) is 9.59 Å². The van der Waals surface area contributed by atoms with Gasteiger partial charge < -0.3 is 19.5 Å². The van der Waals surface area contributed by atoms with Crippen molar-refractivity contribution in [2.24, 2.45) is 4.99 Å². The highest BCUT2D eigenvalue weighted by atomic mass is 16.5. The molecule has 1 saturated heterocycles. The smallest absolute Gasteiger partial charge is 0.303 e. The van der Waals surface area contributed by atoms with Gasteiger partial charge in [-0.15, -0.1) is 0 Å². The van der Waals surface area contributed by atoms with Gasteiger partial charge >= 0.3 is 5.97 Å². The SMILES string of the molecule is COc1cc2c(cc1OCCCC(=O)O)N=CC1CCCCN1C2=O. The lowest BCUT2D eigenvalue weighted by molar-refractivity contribution is -0.137. The van der Waals surface area contributed by atoms with Crippen LogP contribution in [0.5, 0.6) is 11.5 Å². The van der Waals surface area contributed by atoms with E-state index in [2.05, 4.69) is 4.99 Å². The van der Waals surface area contributed by atoms with Crippen molar-refractivity contribution in [2.75, 3.05) is 20.3 Å². The molecule has 1 fully saturated rings. The number of aliphatic carboxylic acids is 1. The van der Waals surface area contributed by atoms with Crippen molar-refractivity contribution in [2.45, 2.75) is 38.1 Å². The first kappa shape index (κ1) is 17.3. The van der Waals surface area contributed by atoms with Gasteiger partial charge in [0.1, 0.15) is 0 Å². The van der Waals surface area contributed by atoms with Crippen LogP contribution in [0.3, 0.4) is 0 Å². The molecule has 0 saturated carbocycles. The molecule has 0 aliphatic carbocycles. The fraction of sp³-hybridized carbons (Fsp3) is 0.500. The summed E-state index contributed by atoms with van der Waals surface area (Å²) >= 11 is 0. The van der Waals surface area contributed by atoms with Crippen molar-refractivity contribution in [3.05, 3.63) is 17.7 Å². The molecular formula is C18H22N2O5. The van der Waals surface area contributed by atoms with Gasteiger partial charge in [-0.05, 0) is 31.7 Å². The third-order valence-electron chi connectivity index (χ3n) is 4.50. The zero-order chi connectivity index (χ0) is 17.8. The van der Waals surface area contributed by atoms with Crippen LogP contribution in [0, 0.1) is 0 Å². The number of carbonyl (C=O) groups excluding carboxylic acids is 1.